The minimum Gasteiger partial charge on any atom is -0.507 e. The van der Waals surface area contributed by atoms with Crippen LogP contribution >= 0.6 is 0 Å². The van der Waals surface area contributed by atoms with Crippen molar-refractivity contribution in [3.63, 3.8) is 0 Å². The average Bonchev–Trinajstić information content (AvgIpc) is 2.22. The Balaban J connectivity index is 0.00000121. The number of carbonyl (C=O) groups excluding carboxylic acids is 1. The van der Waals surface area contributed by atoms with E-state index in [1.807, 2.05) is 41.5 Å². The number of Topliss-reactive ketones (excluding diaryl/α,β-unsaturated/α-hetero) is 1. The smallest absolute Gasteiger partial charge is 0.159 e. The van der Waals surface area contributed by atoms with E-state index < -0.39 is 0 Å². The zero-order valence-corrected chi connectivity index (χ0v) is 12.0. The van der Waals surface area contributed by atoms with E-state index in [0.717, 1.165) is 11.1 Å². The van der Waals surface area contributed by atoms with Gasteiger partial charge in [0, 0.05) is 11.1 Å². The first-order valence-electron chi connectivity index (χ1n) is 6.08. The largest absolute Gasteiger partial charge is 0.507 e. The molecule has 0 heterocycles. The Bertz CT molecular complexity index is 398. The molecular weight excluding hydrogens is 212 g/mol. The van der Waals surface area contributed by atoms with Crippen LogP contribution < -0.4 is 0 Å². The van der Waals surface area contributed by atoms with Gasteiger partial charge in [-0.15, -0.1) is 0 Å². The fourth-order valence-electron chi connectivity index (χ4n) is 1.55. The molecule has 0 saturated heterocycles. The van der Waals surface area contributed by atoms with Crippen molar-refractivity contribution < 1.29 is 9.90 Å². The third kappa shape index (κ3) is 3.88. The van der Waals surface area contributed by atoms with Gasteiger partial charge in [0.25, 0.3) is 0 Å². The first-order valence-corrected chi connectivity index (χ1v) is 6.08. The second-order valence-electron chi connectivity index (χ2n) is 5.00. The lowest BCUT2D eigenvalue weighted by Gasteiger charge is -2.22. The number of aromatic hydroxyl groups is 1. The third-order valence-corrected chi connectivity index (χ3v) is 2.52. The predicted molar refractivity (Wildman–Crippen MR) is 72.9 cm³/mol. The standard InChI is InChI=1S/C13H18O2.C2H6/c1-8-6-10(9(2)14)7-11(12(8)15)13(3,4)5;1-2/h6-7,15H,1-5H3;1-2H3. The van der Waals surface area contributed by atoms with E-state index in [4.69, 9.17) is 0 Å². The van der Waals surface area contributed by atoms with Crippen molar-refractivity contribution in [1.82, 2.24) is 0 Å². The molecule has 17 heavy (non-hydrogen) atoms. The van der Waals surface area contributed by atoms with Crippen molar-refractivity contribution in [1.29, 1.82) is 0 Å². The monoisotopic (exact) mass is 236 g/mol. The van der Waals surface area contributed by atoms with Crippen LogP contribution in [0.25, 0.3) is 0 Å². The fourth-order valence-corrected chi connectivity index (χ4v) is 1.55. The van der Waals surface area contributed by atoms with Crippen molar-refractivity contribution in [2.24, 2.45) is 0 Å². The summed E-state index contributed by atoms with van der Waals surface area (Å²) in [6.07, 6.45) is 0. The number of carbonyl (C=O) groups is 1. The van der Waals surface area contributed by atoms with Gasteiger partial charge in [-0.1, -0.05) is 34.6 Å². The van der Waals surface area contributed by atoms with E-state index in [1.54, 1.807) is 12.1 Å². The average molecular weight is 236 g/mol. The quantitative estimate of drug-likeness (QED) is 0.741. The maximum Gasteiger partial charge on any atom is 0.159 e. The van der Waals surface area contributed by atoms with Crippen molar-refractivity contribution in [2.45, 2.75) is 53.9 Å². The lowest BCUT2D eigenvalue weighted by Crippen LogP contribution is -2.13. The zero-order valence-electron chi connectivity index (χ0n) is 12.0. The van der Waals surface area contributed by atoms with Gasteiger partial charge < -0.3 is 5.11 Å². The summed E-state index contributed by atoms with van der Waals surface area (Å²) >= 11 is 0. The summed E-state index contributed by atoms with van der Waals surface area (Å²) in [4.78, 5) is 11.3. The number of rotatable bonds is 1. The number of aryl methyl sites for hydroxylation is 1. The minimum atomic E-state index is -0.152. The molecule has 1 N–H and O–H groups in total. The van der Waals surface area contributed by atoms with Crippen molar-refractivity contribution in [3.8, 4) is 5.75 Å². The second-order valence-corrected chi connectivity index (χ2v) is 5.00. The number of phenols is 1. The van der Waals surface area contributed by atoms with Gasteiger partial charge in [-0.05, 0) is 37.0 Å². The van der Waals surface area contributed by atoms with Crippen LogP contribution in [0, 0.1) is 6.92 Å². The Morgan fingerprint density at radius 2 is 1.65 bits per heavy atom. The molecule has 1 aromatic rings. The highest BCUT2D eigenvalue weighted by atomic mass is 16.3. The van der Waals surface area contributed by atoms with Crippen LogP contribution in [-0.2, 0) is 5.41 Å². The van der Waals surface area contributed by atoms with Gasteiger partial charge in [-0.2, -0.15) is 0 Å². The molecule has 96 valence electrons. The molecule has 0 aliphatic heterocycles. The van der Waals surface area contributed by atoms with Crippen molar-refractivity contribution >= 4 is 5.78 Å². The Kier molecular flexibility index (Phi) is 5.40. The lowest BCUT2D eigenvalue weighted by atomic mass is 9.84. The van der Waals surface area contributed by atoms with Crippen LogP contribution in [0.2, 0.25) is 0 Å². The van der Waals surface area contributed by atoms with Gasteiger partial charge in [0.15, 0.2) is 5.78 Å². The van der Waals surface area contributed by atoms with E-state index >= 15 is 0 Å². The molecule has 0 saturated carbocycles. The highest BCUT2D eigenvalue weighted by molar-refractivity contribution is 5.94. The van der Waals surface area contributed by atoms with E-state index in [2.05, 4.69) is 0 Å². The van der Waals surface area contributed by atoms with E-state index in [9.17, 15) is 9.90 Å². The highest BCUT2D eigenvalue weighted by Gasteiger charge is 2.20. The summed E-state index contributed by atoms with van der Waals surface area (Å²) in [6, 6.07) is 3.51. The molecule has 1 rings (SSSR count). The SMILES string of the molecule is CC.CC(=O)c1cc(C)c(O)c(C(C)(C)C)c1. The second kappa shape index (κ2) is 5.85. The first kappa shape index (κ1) is 15.7. The van der Waals surface area contributed by atoms with Crippen LogP contribution in [0.4, 0.5) is 0 Å². The van der Waals surface area contributed by atoms with Crippen LogP contribution in [-0.4, -0.2) is 10.9 Å². The Morgan fingerprint density at radius 3 is 2.00 bits per heavy atom. The third-order valence-electron chi connectivity index (χ3n) is 2.52. The summed E-state index contributed by atoms with van der Waals surface area (Å²) in [5.41, 5.74) is 2.09. The van der Waals surface area contributed by atoms with Crippen LogP contribution in [0.3, 0.4) is 0 Å². The Morgan fingerprint density at radius 1 is 1.18 bits per heavy atom. The molecule has 0 aliphatic carbocycles. The molecular formula is C15H24O2. The predicted octanol–water partition coefficient (Wildman–Crippen LogP) is 4.23. The summed E-state index contributed by atoms with van der Waals surface area (Å²) in [6.45, 7) is 13.4. The van der Waals surface area contributed by atoms with Crippen LogP contribution in [0.5, 0.6) is 5.75 Å². The first-order chi connectivity index (χ1) is 7.73. The normalized spacial score (nSPS) is 10.5. The number of hydrogen-bond acceptors (Lipinski definition) is 2. The molecule has 1 aromatic carbocycles. The van der Waals surface area contributed by atoms with Gasteiger partial charge in [0.05, 0.1) is 0 Å². The highest BCUT2D eigenvalue weighted by Crippen LogP contribution is 2.34. The van der Waals surface area contributed by atoms with E-state index in [1.165, 1.54) is 6.92 Å². The van der Waals surface area contributed by atoms with Crippen LogP contribution in [0.15, 0.2) is 12.1 Å². The summed E-state index contributed by atoms with van der Waals surface area (Å²) in [5, 5.41) is 9.93. The molecule has 0 radical (unpaired) electrons. The number of ketones is 1. The van der Waals surface area contributed by atoms with Crippen molar-refractivity contribution in [3.05, 3.63) is 28.8 Å². The van der Waals surface area contributed by atoms with Gasteiger partial charge in [0.1, 0.15) is 5.75 Å². The topological polar surface area (TPSA) is 37.3 Å². The summed E-state index contributed by atoms with van der Waals surface area (Å²) in [7, 11) is 0. The molecule has 2 nitrogen and oxygen atoms in total. The number of phenolic OH excluding ortho intramolecular Hbond substituents is 1. The number of hydrogen-bond donors (Lipinski definition) is 1. The van der Waals surface area contributed by atoms with Crippen LogP contribution in [0.1, 0.15) is 63.0 Å². The molecule has 0 unspecified atom stereocenters. The maximum atomic E-state index is 11.3. The summed E-state index contributed by atoms with van der Waals surface area (Å²) < 4.78 is 0. The van der Waals surface area contributed by atoms with Gasteiger partial charge >= 0.3 is 0 Å². The molecule has 0 atom stereocenters. The fraction of sp³-hybridized carbons (Fsp3) is 0.533. The molecule has 0 bridgehead atoms. The molecule has 0 fully saturated rings. The lowest BCUT2D eigenvalue weighted by molar-refractivity contribution is 0.101. The van der Waals surface area contributed by atoms with Gasteiger partial charge in [-0.3, -0.25) is 4.79 Å². The zero-order chi connectivity index (χ0) is 13.8. The Labute approximate surface area is 105 Å². The van der Waals surface area contributed by atoms with E-state index in [-0.39, 0.29) is 11.2 Å². The molecule has 0 amide bonds. The molecule has 0 spiro atoms. The maximum absolute atomic E-state index is 11.3. The summed E-state index contributed by atoms with van der Waals surface area (Å²) in [5.74, 6) is 0.330. The Hall–Kier alpha value is -1.31. The molecule has 0 aromatic heterocycles. The minimum absolute atomic E-state index is 0.0311. The van der Waals surface area contributed by atoms with E-state index in [0.29, 0.717) is 11.3 Å². The molecule has 2 heteroatoms. The van der Waals surface area contributed by atoms with Gasteiger partial charge in [0.2, 0.25) is 0 Å². The molecule has 0 aliphatic rings. The number of benzene rings is 1. The van der Waals surface area contributed by atoms with Gasteiger partial charge in [-0.25, -0.2) is 0 Å². The van der Waals surface area contributed by atoms with Crippen molar-refractivity contribution in [2.75, 3.05) is 0 Å².